The number of para-hydroxylation sites is 1. The Kier molecular flexibility index (Phi) is 5.04. The molecule has 3 heterocycles. The van der Waals surface area contributed by atoms with Crippen molar-refractivity contribution in [1.82, 2.24) is 4.98 Å². The lowest BCUT2D eigenvalue weighted by Crippen LogP contribution is -2.31. The molecule has 7 heteroatoms. The molecule has 1 aliphatic heterocycles. The molecule has 0 bridgehead atoms. The molecular weight excluding hydrogens is 456 g/mol. The molecule has 176 valence electrons. The Morgan fingerprint density at radius 3 is 2.58 bits per heavy atom. The van der Waals surface area contributed by atoms with Crippen molar-refractivity contribution in [3.63, 3.8) is 0 Å². The number of carbonyl (C=O) groups excluding carboxylic acids is 2. The van der Waals surface area contributed by atoms with Gasteiger partial charge >= 0.3 is 0 Å². The predicted molar refractivity (Wildman–Crippen MR) is 135 cm³/mol. The number of anilines is 1. The van der Waals surface area contributed by atoms with Crippen molar-refractivity contribution in [2.75, 3.05) is 12.0 Å². The van der Waals surface area contributed by atoms with Gasteiger partial charge in [0.25, 0.3) is 5.91 Å². The minimum atomic E-state index is -0.903. The standard InChI is InChI=1S/C29H20N2O5/c1-35-22-13-5-9-18-15-23(36-28(18)22)26(32)24-25(19-10-6-14-30-16-19)31(29(34)27(24)33)21-12-4-8-17-7-2-3-11-20(17)21/h2-16,25,33H,1H3. The first-order valence-corrected chi connectivity index (χ1v) is 11.3. The molecule has 0 saturated carbocycles. The molecule has 0 radical (unpaired) electrons. The van der Waals surface area contributed by atoms with E-state index in [1.165, 1.54) is 12.0 Å². The van der Waals surface area contributed by atoms with Crippen molar-refractivity contribution in [2.24, 2.45) is 0 Å². The lowest BCUT2D eigenvalue weighted by atomic mass is 9.95. The van der Waals surface area contributed by atoms with Crippen LogP contribution in [0.25, 0.3) is 21.7 Å². The summed E-state index contributed by atoms with van der Waals surface area (Å²) < 4.78 is 11.2. The average molecular weight is 476 g/mol. The third kappa shape index (κ3) is 3.25. The van der Waals surface area contributed by atoms with Crippen LogP contribution in [0.1, 0.15) is 22.2 Å². The molecular formula is C29H20N2O5. The molecule has 0 aliphatic carbocycles. The second kappa shape index (κ2) is 8.39. The summed E-state index contributed by atoms with van der Waals surface area (Å²) in [6.07, 6.45) is 3.20. The summed E-state index contributed by atoms with van der Waals surface area (Å²) in [6.45, 7) is 0. The minimum absolute atomic E-state index is 0.00231. The average Bonchev–Trinajstić information content (AvgIpc) is 3.47. The molecule has 1 unspecified atom stereocenters. The number of carbonyl (C=O) groups is 2. The van der Waals surface area contributed by atoms with Crippen molar-refractivity contribution >= 4 is 39.1 Å². The SMILES string of the molecule is COc1cccc2cc(C(=O)C3=C(O)C(=O)N(c4cccc5ccccc45)C3c3cccnc3)oc12. The van der Waals surface area contributed by atoms with E-state index in [1.54, 1.807) is 54.9 Å². The van der Waals surface area contributed by atoms with Crippen LogP contribution in [0.4, 0.5) is 5.69 Å². The molecule has 1 aliphatic rings. The number of furan rings is 1. The first-order chi connectivity index (χ1) is 17.6. The van der Waals surface area contributed by atoms with E-state index in [0.29, 0.717) is 28.0 Å². The van der Waals surface area contributed by atoms with Crippen molar-refractivity contribution in [3.05, 3.63) is 114 Å². The molecule has 1 N–H and O–H groups in total. The molecule has 0 fully saturated rings. The van der Waals surface area contributed by atoms with Gasteiger partial charge in [0.15, 0.2) is 22.9 Å². The summed E-state index contributed by atoms with van der Waals surface area (Å²) in [5.74, 6) is -1.40. The maximum atomic E-state index is 13.8. The second-order valence-corrected chi connectivity index (χ2v) is 8.44. The Labute approximate surface area is 205 Å². The van der Waals surface area contributed by atoms with Gasteiger partial charge in [-0.3, -0.25) is 19.5 Å². The van der Waals surface area contributed by atoms with Crippen LogP contribution in [0.3, 0.4) is 0 Å². The first-order valence-electron chi connectivity index (χ1n) is 11.3. The minimum Gasteiger partial charge on any atom is -0.503 e. The van der Waals surface area contributed by atoms with Gasteiger partial charge in [-0.05, 0) is 35.2 Å². The normalized spacial score (nSPS) is 15.8. The number of ketones is 1. The van der Waals surface area contributed by atoms with Crippen LogP contribution in [0.15, 0.2) is 107 Å². The largest absolute Gasteiger partial charge is 0.503 e. The third-order valence-electron chi connectivity index (χ3n) is 6.43. The summed E-state index contributed by atoms with van der Waals surface area (Å²) in [7, 11) is 1.52. The number of methoxy groups -OCH3 is 1. The van der Waals surface area contributed by atoms with Gasteiger partial charge in [0.1, 0.15) is 0 Å². The van der Waals surface area contributed by atoms with Crippen molar-refractivity contribution in [1.29, 1.82) is 0 Å². The highest BCUT2D eigenvalue weighted by atomic mass is 16.5. The molecule has 0 saturated heterocycles. The molecule has 3 aromatic carbocycles. The predicted octanol–water partition coefficient (Wildman–Crippen LogP) is 5.77. The zero-order valence-electron chi connectivity index (χ0n) is 19.2. The van der Waals surface area contributed by atoms with Gasteiger partial charge in [-0.1, -0.05) is 54.6 Å². The number of Topliss-reactive ketones (excluding diaryl/α,β-unsaturated/α-hetero) is 1. The topological polar surface area (TPSA) is 92.9 Å². The Balaban J connectivity index is 1.54. The van der Waals surface area contributed by atoms with E-state index in [4.69, 9.17) is 9.15 Å². The molecule has 1 amide bonds. The van der Waals surface area contributed by atoms with Crippen molar-refractivity contribution < 1.29 is 23.8 Å². The number of nitrogens with zero attached hydrogens (tertiary/aromatic N) is 2. The summed E-state index contributed by atoms with van der Waals surface area (Å²) in [5.41, 5.74) is 1.50. The number of hydrogen-bond donors (Lipinski definition) is 1. The molecule has 1 atom stereocenters. The quantitative estimate of drug-likeness (QED) is 0.324. The number of rotatable bonds is 5. The number of ether oxygens (including phenoxy) is 1. The van der Waals surface area contributed by atoms with Gasteiger partial charge in [-0.15, -0.1) is 0 Å². The monoisotopic (exact) mass is 476 g/mol. The smallest absolute Gasteiger partial charge is 0.294 e. The molecule has 5 aromatic rings. The number of pyridine rings is 1. The van der Waals surface area contributed by atoms with Crippen LogP contribution < -0.4 is 9.64 Å². The fourth-order valence-corrected chi connectivity index (χ4v) is 4.80. The Morgan fingerprint density at radius 1 is 1.00 bits per heavy atom. The summed E-state index contributed by atoms with van der Waals surface area (Å²) in [6, 6.07) is 22.7. The van der Waals surface area contributed by atoms with Gasteiger partial charge in [-0.25, -0.2) is 0 Å². The number of aliphatic hydroxyl groups excluding tert-OH is 1. The van der Waals surface area contributed by atoms with E-state index < -0.39 is 23.5 Å². The number of benzene rings is 3. The van der Waals surface area contributed by atoms with E-state index >= 15 is 0 Å². The first kappa shape index (κ1) is 21.6. The van der Waals surface area contributed by atoms with Gasteiger partial charge < -0.3 is 14.3 Å². The third-order valence-corrected chi connectivity index (χ3v) is 6.43. The number of hydrogen-bond acceptors (Lipinski definition) is 6. The van der Waals surface area contributed by atoms with Gasteiger partial charge in [0.2, 0.25) is 5.78 Å². The molecule has 0 spiro atoms. The molecule has 2 aromatic heterocycles. The van der Waals surface area contributed by atoms with E-state index in [-0.39, 0.29) is 11.3 Å². The maximum absolute atomic E-state index is 13.8. The lowest BCUT2D eigenvalue weighted by Gasteiger charge is -2.27. The fraction of sp³-hybridized carbons (Fsp3) is 0.0690. The zero-order chi connectivity index (χ0) is 24.8. The van der Waals surface area contributed by atoms with E-state index in [9.17, 15) is 14.7 Å². The summed E-state index contributed by atoms with van der Waals surface area (Å²) in [4.78, 5) is 33.0. The number of fused-ring (bicyclic) bond motifs is 2. The van der Waals surface area contributed by atoms with Crippen LogP contribution in [-0.4, -0.2) is 28.9 Å². The highest BCUT2D eigenvalue weighted by molar-refractivity contribution is 6.22. The van der Waals surface area contributed by atoms with Crippen molar-refractivity contribution in [3.8, 4) is 5.75 Å². The highest BCUT2D eigenvalue weighted by Gasteiger charge is 2.46. The molecule has 7 nitrogen and oxygen atoms in total. The molecule has 36 heavy (non-hydrogen) atoms. The zero-order valence-corrected chi connectivity index (χ0v) is 19.2. The van der Waals surface area contributed by atoms with Gasteiger partial charge in [0.05, 0.1) is 24.4 Å². The number of aliphatic hydroxyl groups is 1. The maximum Gasteiger partial charge on any atom is 0.294 e. The van der Waals surface area contributed by atoms with Crippen LogP contribution in [0.2, 0.25) is 0 Å². The van der Waals surface area contributed by atoms with Crippen molar-refractivity contribution in [2.45, 2.75) is 6.04 Å². The number of aromatic nitrogens is 1. The van der Waals surface area contributed by atoms with Crippen LogP contribution >= 0.6 is 0 Å². The highest BCUT2D eigenvalue weighted by Crippen LogP contribution is 2.44. The van der Waals surface area contributed by atoms with E-state index in [1.807, 2.05) is 36.4 Å². The lowest BCUT2D eigenvalue weighted by molar-refractivity contribution is -0.117. The Hall–Kier alpha value is -4.91. The van der Waals surface area contributed by atoms with Crippen LogP contribution in [-0.2, 0) is 4.79 Å². The van der Waals surface area contributed by atoms with E-state index in [0.717, 1.165) is 10.8 Å². The Morgan fingerprint density at radius 2 is 1.78 bits per heavy atom. The van der Waals surface area contributed by atoms with Crippen LogP contribution in [0, 0.1) is 0 Å². The van der Waals surface area contributed by atoms with E-state index in [2.05, 4.69) is 4.98 Å². The Bertz CT molecular complexity index is 1680. The molecule has 6 rings (SSSR count). The summed E-state index contributed by atoms with van der Waals surface area (Å²) in [5, 5.41) is 13.5. The fourth-order valence-electron chi connectivity index (χ4n) is 4.80. The van der Waals surface area contributed by atoms with Gasteiger partial charge in [0, 0.05) is 23.2 Å². The van der Waals surface area contributed by atoms with Crippen LogP contribution in [0.5, 0.6) is 5.75 Å². The summed E-state index contributed by atoms with van der Waals surface area (Å²) >= 11 is 0. The second-order valence-electron chi connectivity index (χ2n) is 8.44. The van der Waals surface area contributed by atoms with Gasteiger partial charge in [-0.2, -0.15) is 0 Å². The number of amides is 1.